The number of hydrogen-bond acceptors (Lipinski definition) is 5. The Hall–Kier alpha value is -2.21. The van der Waals surface area contributed by atoms with Crippen LogP contribution in [0.5, 0.6) is 0 Å². The van der Waals surface area contributed by atoms with Crippen molar-refractivity contribution in [1.82, 2.24) is 15.0 Å². The molecular formula is C13H14ClN5O. The Morgan fingerprint density at radius 3 is 2.70 bits per heavy atom. The Bertz CT molecular complexity index is 591. The van der Waals surface area contributed by atoms with Crippen LogP contribution in [0.4, 0.5) is 11.5 Å². The molecule has 0 aliphatic rings. The van der Waals surface area contributed by atoms with E-state index in [0.717, 1.165) is 13.0 Å². The quantitative estimate of drug-likeness (QED) is 0.885. The van der Waals surface area contributed by atoms with Crippen LogP contribution in [0.2, 0.25) is 5.02 Å². The van der Waals surface area contributed by atoms with Crippen LogP contribution in [0.3, 0.4) is 0 Å². The van der Waals surface area contributed by atoms with Gasteiger partial charge in [-0.15, -0.1) is 0 Å². The summed E-state index contributed by atoms with van der Waals surface area (Å²) in [6.45, 7) is 2.82. The van der Waals surface area contributed by atoms with E-state index in [-0.39, 0.29) is 5.91 Å². The molecule has 0 atom stereocenters. The van der Waals surface area contributed by atoms with Gasteiger partial charge in [0.25, 0.3) is 5.91 Å². The second-order valence-electron chi connectivity index (χ2n) is 4.06. The summed E-state index contributed by atoms with van der Waals surface area (Å²) in [5.74, 6) is 0.268. The monoisotopic (exact) mass is 291 g/mol. The fourth-order valence-electron chi connectivity index (χ4n) is 1.50. The van der Waals surface area contributed by atoms with Crippen LogP contribution >= 0.6 is 11.6 Å². The van der Waals surface area contributed by atoms with Crippen molar-refractivity contribution in [3.05, 3.63) is 41.6 Å². The van der Waals surface area contributed by atoms with Crippen LogP contribution in [0.25, 0.3) is 0 Å². The van der Waals surface area contributed by atoms with Gasteiger partial charge in [0, 0.05) is 12.7 Å². The van der Waals surface area contributed by atoms with E-state index in [1.165, 1.54) is 24.9 Å². The van der Waals surface area contributed by atoms with Crippen LogP contribution in [-0.4, -0.2) is 27.4 Å². The van der Waals surface area contributed by atoms with Crippen molar-refractivity contribution in [3.8, 4) is 0 Å². The van der Waals surface area contributed by atoms with Crippen molar-refractivity contribution in [2.24, 2.45) is 0 Å². The van der Waals surface area contributed by atoms with Gasteiger partial charge in [-0.05, 0) is 12.5 Å². The SMILES string of the molecule is CCCNc1ncc(C(=O)Nc2cncnc2)cc1Cl. The molecule has 0 unspecified atom stereocenters. The lowest BCUT2D eigenvalue weighted by molar-refractivity contribution is 0.102. The molecule has 2 N–H and O–H groups in total. The van der Waals surface area contributed by atoms with E-state index in [9.17, 15) is 4.79 Å². The molecule has 0 fully saturated rings. The maximum atomic E-state index is 12.0. The van der Waals surface area contributed by atoms with Crippen molar-refractivity contribution < 1.29 is 4.79 Å². The highest BCUT2D eigenvalue weighted by atomic mass is 35.5. The first-order valence-corrected chi connectivity index (χ1v) is 6.54. The van der Waals surface area contributed by atoms with Gasteiger partial charge < -0.3 is 10.6 Å². The van der Waals surface area contributed by atoms with Crippen LogP contribution in [0, 0.1) is 0 Å². The lowest BCUT2D eigenvalue weighted by Gasteiger charge is -2.08. The molecule has 20 heavy (non-hydrogen) atoms. The van der Waals surface area contributed by atoms with Gasteiger partial charge in [0.15, 0.2) is 0 Å². The average Bonchev–Trinajstić information content (AvgIpc) is 2.47. The summed E-state index contributed by atoms with van der Waals surface area (Å²) in [4.78, 5) is 23.8. The van der Waals surface area contributed by atoms with E-state index in [0.29, 0.717) is 22.1 Å². The summed E-state index contributed by atoms with van der Waals surface area (Å²) in [5.41, 5.74) is 0.891. The normalized spacial score (nSPS) is 10.1. The second kappa shape index (κ2) is 6.81. The third-order valence-electron chi connectivity index (χ3n) is 2.46. The molecular weight excluding hydrogens is 278 g/mol. The van der Waals surface area contributed by atoms with Gasteiger partial charge in [-0.2, -0.15) is 0 Å². The Balaban J connectivity index is 2.09. The molecule has 104 valence electrons. The molecule has 2 heterocycles. The van der Waals surface area contributed by atoms with E-state index in [1.54, 1.807) is 6.07 Å². The Labute approximate surface area is 121 Å². The molecule has 0 aliphatic heterocycles. The third kappa shape index (κ3) is 3.64. The van der Waals surface area contributed by atoms with Crippen LogP contribution < -0.4 is 10.6 Å². The summed E-state index contributed by atoms with van der Waals surface area (Å²) in [7, 11) is 0. The fourth-order valence-corrected chi connectivity index (χ4v) is 1.74. The summed E-state index contributed by atoms with van der Waals surface area (Å²) in [6.07, 6.45) is 6.85. The zero-order valence-electron chi connectivity index (χ0n) is 10.9. The molecule has 0 saturated heterocycles. The summed E-state index contributed by atoms with van der Waals surface area (Å²) in [6, 6.07) is 1.58. The molecule has 0 radical (unpaired) electrons. The van der Waals surface area contributed by atoms with Crippen molar-refractivity contribution >= 4 is 29.0 Å². The molecule has 7 heteroatoms. The van der Waals surface area contributed by atoms with Crippen molar-refractivity contribution in [1.29, 1.82) is 0 Å². The lowest BCUT2D eigenvalue weighted by atomic mass is 10.2. The van der Waals surface area contributed by atoms with E-state index in [4.69, 9.17) is 11.6 Å². The number of amides is 1. The molecule has 0 aromatic carbocycles. The number of hydrogen-bond donors (Lipinski definition) is 2. The third-order valence-corrected chi connectivity index (χ3v) is 2.75. The number of nitrogens with one attached hydrogen (secondary N) is 2. The van der Waals surface area contributed by atoms with Crippen LogP contribution in [-0.2, 0) is 0 Å². The van der Waals surface area contributed by atoms with E-state index >= 15 is 0 Å². The van der Waals surface area contributed by atoms with Crippen molar-refractivity contribution in [2.75, 3.05) is 17.2 Å². The maximum Gasteiger partial charge on any atom is 0.257 e. The number of anilines is 2. The number of carbonyl (C=O) groups is 1. The minimum atomic E-state index is -0.309. The highest BCUT2D eigenvalue weighted by molar-refractivity contribution is 6.33. The number of nitrogens with zero attached hydrogens (tertiary/aromatic N) is 3. The lowest BCUT2D eigenvalue weighted by Crippen LogP contribution is -2.13. The molecule has 0 spiro atoms. The number of pyridine rings is 1. The number of aromatic nitrogens is 3. The van der Waals surface area contributed by atoms with Crippen molar-refractivity contribution in [2.45, 2.75) is 13.3 Å². The first-order valence-electron chi connectivity index (χ1n) is 6.16. The summed E-state index contributed by atoms with van der Waals surface area (Å²) < 4.78 is 0. The maximum absolute atomic E-state index is 12.0. The van der Waals surface area contributed by atoms with Crippen molar-refractivity contribution in [3.63, 3.8) is 0 Å². The van der Waals surface area contributed by atoms with Gasteiger partial charge >= 0.3 is 0 Å². The standard InChI is InChI=1S/C13H14ClN5O/c1-2-3-17-12-11(14)4-9(5-18-12)13(20)19-10-6-15-8-16-7-10/h4-8H,2-3H2,1H3,(H,17,18)(H,19,20). The predicted octanol–water partition coefficient (Wildman–Crippen LogP) is 2.60. The highest BCUT2D eigenvalue weighted by Crippen LogP contribution is 2.20. The molecule has 0 aliphatic carbocycles. The molecule has 0 saturated carbocycles. The summed E-state index contributed by atoms with van der Waals surface area (Å²) >= 11 is 6.08. The largest absolute Gasteiger partial charge is 0.369 e. The van der Waals surface area contributed by atoms with Gasteiger partial charge in [-0.3, -0.25) is 4.79 Å². The second-order valence-corrected chi connectivity index (χ2v) is 4.47. The number of carbonyl (C=O) groups excluding carboxylic acids is 1. The minimum Gasteiger partial charge on any atom is -0.369 e. The zero-order chi connectivity index (χ0) is 14.4. The van der Waals surface area contributed by atoms with Gasteiger partial charge in [0.2, 0.25) is 0 Å². The molecule has 2 rings (SSSR count). The molecule has 2 aromatic heterocycles. The average molecular weight is 292 g/mol. The van der Waals surface area contributed by atoms with Gasteiger partial charge in [0.05, 0.1) is 28.7 Å². The smallest absolute Gasteiger partial charge is 0.257 e. The topological polar surface area (TPSA) is 79.8 Å². The number of rotatable bonds is 5. The highest BCUT2D eigenvalue weighted by Gasteiger charge is 2.10. The van der Waals surface area contributed by atoms with Crippen LogP contribution in [0.1, 0.15) is 23.7 Å². The van der Waals surface area contributed by atoms with Gasteiger partial charge in [-0.25, -0.2) is 15.0 Å². The Morgan fingerprint density at radius 1 is 1.30 bits per heavy atom. The minimum absolute atomic E-state index is 0.309. The fraction of sp³-hybridized carbons (Fsp3) is 0.231. The molecule has 1 amide bonds. The summed E-state index contributed by atoms with van der Waals surface area (Å²) in [5, 5.41) is 6.16. The first-order chi connectivity index (χ1) is 9.70. The Kier molecular flexibility index (Phi) is 4.84. The van der Waals surface area contributed by atoms with E-state index < -0.39 is 0 Å². The van der Waals surface area contributed by atoms with Gasteiger partial charge in [0.1, 0.15) is 12.1 Å². The predicted molar refractivity (Wildman–Crippen MR) is 78.0 cm³/mol. The zero-order valence-corrected chi connectivity index (χ0v) is 11.7. The molecule has 2 aromatic rings. The Morgan fingerprint density at radius 2 is 2.05 bits per heavy atom. The molecule has 6 nitrogen and oxygen atoms in total. The molecule has 0 bridgehead atoms. The van der Waals surface area contributed by atoms with Crippen LogP contribution in [0.15, 0.2) is 31.0 Å². The van der Waals surface area contributed by atoms with E-state index in [1.807, 2.05) is 6.92 Å². The first kappa shape index (κ1) is 14.2. The number of halogens is 1. The van der Waals surface area contributed by atoms with E-state index in [2.05, 4.69) is 25.6 Å². The van der Waals surface area contributed by atoms with Gasteiger partial charge in [-0.1, -0.05) is 18.5 Å².